The van der Waals surface area contributed by atoms with Gasteiger partial charge in [0.25, 0.3) is 0 Å². The maximum atomic E-state index is 5.33. The van der Waals surface area contributed by atoms with Crippen LogP contribution in [0.25, 0.3) is 0 Å². The quantitative estimate of drug-likeness (QED) is 0.397. The number of hydrogen-bond acceptors (Lipinski definition) is 2. The van der Waals surface area contributed by atoms with Gasteiger partial charge in [-0.05, 0) is 27.2 Å². The topological polar surface area (TPSA) is 45.7 Å². The Morgan fingerprint density at radius 2 is 1.94 bits per heavy atom. The molecule has 0 aromatic rings. The van der Waals surface area contributed by atoms with E-state index in [4.69, 9.17) is 4.74 Å². The molecular formula is C12H27N3O. The number of rotatable bonds is 7. The highest BCUT2D eigenvalue weighted by molar-refractivity contribution is 5.79. The van der Waals surface area contributed by atoms with E-state index < -0.39 is 0 Å². The van der Waals surface area contributed by atoms with Crippen molar-refractivity contribution in [1.82, 2.24) is 10.6 Å². The molecule has 0 fully saturated rings. The van der Waals surface area contributed by atoms with Gasteiger partial charge in [-0.2, -0.15) is 0 Å². The maximum absolute atomic E-state index is 5.33. The van der Waals surface area contributed by atoms with E-state index in [9.17, 15) is 0 Å². The van der Waals surface area contributed by atoms with E-state index in [2.05, 4.69) is 29.5 Å². The minimum absolute atomic E-state index is 0.201. The van der Waals surface area contributed by atoms with Crippen LogP contribution in [0.2, 0.25) is 0 Å². The molecule has 0 aromatic heterocycles. The zero-order valence-electron chi connectivity index (χ0n) is 11.4. The van der Waals surface area contributed by atoms with Crippen molar-refractivity contribution in [3.63, 3.8) is 0 Å². The van der Waals surface area contributed by atoms with Gasteiger partial charge in [0.15, 0.2) is 5.96 Å². The van der Waals surface area contributed by atoms with Gasteiger partial charge >= 0.3 is 0 Å². The summed E-state index contributed by atoms with van der Waals surface area (Å²) in [6, 6.07) is 0. The summed E-state index contributed by atoms with van der Waals surface area (Å²) >= 11 is 0. The standard InChI is InChI=1S/C12H27N3O/c1-6-8-9-14-11(13-7-2)15-10-12(3,4)16-5/h6-10H2,1-5H3,(H2,13,14,15). The SMILES string of the molecule is CCCCNC(=NCC(C)(C)OC)NCC. The summed E-state index contributed by atoms with van der Waals surface area (Å²) in [5.41, 5.74) is -0.201. The second-order valence-electron chi connectivity index (χ2n) is 4.44. The number of ether oxygens (including phenoxy) is 1. The second kappa shape index (κ2) is 8.39. The first-order chi connectivity index (χ1) is 7.55. The van der Waals surface area contributed by atoms with Gasteiger partial charge < -0.3 is 15.4 Å². The van der Waals surface area contributed by atoms with E-state index >= 15 is 0 Å². The van der Waals surface area contributed by atoms with Crippen LogP contribution in [0.5, 0.6) is 0 Å². The lowest BCUT2D eigenvalue weighted by Gasteiger charge is -2.21. The highest BCUT2D eigenvalue weighted by atomic mass is 16.5. The molecule has 0 unspecified atom stereocenters. The minimum Gasteiger partial charge on any atom is -0.377 e. The van der Waals surface area contributed by atoms with Crippen molar-refractivity contribution in [2.24, 2.45) is 4.99 Å². The van der Waals surface area contributed by atoms with Crippen molar-refractivity contribution in [1.29, 1.82) is 0 Å². The zero-order chi connectivity index (χ0) is 12.4. The molecule has 0 aromatic carbocycles. The molecule has 0 rings (SSSR count). The summed E-state index contributed by atoms with van der Waals surface area (Å²) in [5.74, 6) is 0.876. The molecule has 4 heteroatoms. The van der Waals surface area contributed by atoms with Crippen LogP contribution in [0.4, 0.5) is 0 Å². The van der Waals surface area contributed by atoms with Crippen LogP contribution in [-0.2, 0) is 4.74 Å². The van der Waals surface area contributed by atoms with E-state index in [1.54, 1.807) is 7.11 Å². The molecule has 0 atom stereocenters. The Bertz CT molecular complexity index is 202. The van der Waals surface area contributed by atoms with Crippen LogP contribution in [0, 0.1) is 0 Å². The third-order valence-electron chi connectivity index (χ3n) is 2.34. The van der Waals surface area contributed by atoms with Gasteiger partial charge in [-0.25, -0.2) is 0 Å². The van der Waals surface area contributed by atoms with Crippen LogP contribution in [0.15, 0.2) is 4.99 Å². The third kappa shape index (κ3) is 7.51. The Labute approximate surface area is 99.9 Å². The molecule has 0 spiro atoms. The predicted octanol–water partition coefficient (Wildman–Crippen LogP) is 1.77. The number of unbranched alkanes of at least 4 members (excludes halogenated alkanes) is 1. The number of aliphatic imine (C=N–C) groups is 1. The van der Waals surface area contributed by atoms with E-state index in [1.807, 2.05) is 13.8 Å². The maximum Gasteiger partial charge on any atom is 0.191 e. The van der Waals surface area contributed by atoms with Crippen LogP contribution >= 0.6 is 0 Å². The molecule has 4 nitrogen and oxygen atoms in total. The molecule has 0 aliphatic rings. The molecule has 0 radical (unpaired) electrons. The van der Waals surface area contributed by atoms with E-state index in [1.165, 1.54) is 6.42 Å². The average Bonchev–Trinajstić information content (AvgIpc) is 2.26. The monoisotopic (exact) mass is 229 g/mol. The summed E-state index contributed by atoms with van der Waals surface area (Å²) in [4.78, 5) is 4.50. The van der Waals surface area contributed by atoms with Crippen molar-refractivity contribution in [2.45, 2.75) is 46.1 Å². The highest BCUT2D eigenvalue weighted by Crippen LogP contribution is 2.06. The van der Waals surface area contributed by atoms with Crippen LogP contribution < -0.4 is 10.6 Å². The smallest absolute Gasteiger partial charge is 0.191 e. The zero-order valence-corrected chi connectivity index (χ0v) is 11.4. The summed E-state index contributed by atoms with van der Waals surface area (Å²) in [7, 11) is 1.72. The Kier molecular flexibility index (Phi) is 7.99. The Hall–Kier alpha value is -0.770. The van der Waals surface area contributed by atoms with Crippen LogP contribution in [0.3, 0.4) is 0 Å². The Morgan fingerprint density at radius 1 is 1.25 bits per heavy atom. The van der Waals surface area contributed by atoms with Crippen molar-refractivity contribution in [3.05, 3.63) is 0 Å². The summed E-state index contributed by atoms with van der Waals surface area (Å²) < 4.78 is 5.33. The fourth-order valence-electron chi connectivity index (χ4n) is 1.06. The lowest BCUT2D eigenvalue weighted by atomic mass is 10.1. The molecule has 0 amide bonds. The number of methoxy groups -OCH3 is 1. The first kappa shape index (κ1) is 15.2. The van der Waals surface area contributed by atoms with Gasteiger partial charge in [0.05, 0.1) is 12.1 Å². The van der Waals surface area contributed by atoms with Gasteiger partial charge in [0.2, 0.25) is 0 Å². The Morgan fingerprint density at radius 3 is 2.44 bits per heavy atom. The minimum atomic E-state index is -0.201. The van der Waals surface area contributed by atoms with E-state index in [-0.39, 0.29) is 5.60 Å². The molecule has 0 bridgehead atoms. The molecule has 0 saturated heterocycles. The highest BCUT2D eigenvalue weighted by Gasteiger charge is 2.15. The molecular weight excluding hydrogens is 202 g/mol. The van der Waals surface area contributed by atoms with Gasteiger partial charge in [-0.1, -0.05) is 13.3 Å². The fraction of sp³-hybridized carbons (Fsp3) is 0.917. The normalized spacial score (nSPS) is 12.7. The van der Waals surface area contributed by atoms with Gasteiger partial charge in [0.1, 0.15) is 0 Å². The predicted molar refractivity (Wildman–Crippen MR) is 70.0 cm³/mol. The molecule has 0 aliphatic heterocycles. The molecule has 16 heavy (non-hydrogen) atoms. The molecule has 96 valence electrons. The first-order valence-electron chi connectivity index (χ1n) is 6.13. The first-order valence-corrected chi connectivity index (χ1v) is 6.13. The largest absolute Gasteiger partial charge is 0.377 e. The van der Waals surface area contributed by atoms with E-state index in [0.29, 0.717) is 6.54 Å². The lowest BCUT2D eigenvalue weighted by Crippen LogP contribution is -2.39. The molecule has 0 aliphatic carbocycles. The molecule has 0 heterocycles. The van der Waals surface area contributed by atoms with Crippen molar-refractivity contribution in [2.75, 3.05) is 26.7 Å². The number of nitrogens with one attached hydrogen (secondary N) is 2. The number of guanidine groups is 1. The summed E-state index contributed by atoms with van der Waals surface area (Å²) in [5, 5.41) is 6.52. The van der Waals surface area contributed by atoms with Crippen LogP contribution in [0.1, 0.15) is 40.5 Å². The fourth-order valence-corrected chi connectivity index (χ4v) is 1.06. The summed E-state index contributed by atoms with van der Waals surface area (Å²) in [6.07, 6.45) is 2.36. The second-order valence-corrected chi connectivity index (χ2v) is 4.44. The van der Waals surface area contributed by atoms with E-state index in [0.717, 1.165) is 25.5 Å². The van der Waals surface area contributed by atoms with Crippen molar-refractivity contribution in [3.8, 4) is 0 Å². The van der Waals surface area contributed by atoms with Gasteiger partial charge in [0, 0.05) is 20.2 Å². The van der Waals surface area contributed by atoms with Crippen LogP contribution in [-0.4, -0.2) is 38.3 Å². The molecule has 0 saturated carbocycles. The number of hydrogen-bond donors (Lipinski definition) is 2. The lowest BCUT2D eigenvalue weighted by molar-refractivity contribution is 0.0310. The van der Waals surface area contributed by atoms with Crippen molar-refractivity contribution < 1.29 is 4.74 Å². The third-order valence-corrected chi connectivity index (χ3v) is 2.34. The van der Waals surface area contributed by atoms with Gasteiger partial charge in [-0.3, -0.25) is 4.99 Å². The Balaban J connectivity index is 4.12. The van der Waals surface area contributed by atoms with Crippen molar-refractivity contribution >= 4 is 5.96 Å². The number of nitrogens with zero attached hydrogens (tertiary/aromatic N) is 1. The average molecular weight is 229 g/mol. The molecule has 2 N–H and O–H groups in total. The summed E-state index contributed by atoms with van der Waals surface area (Å²) in [6.45, 7) is 10.8. The van der Waals surface area contributed by atoms with Gasteiger partial charge in [-0.15, -0.1) is 0 Å².